The summed E-state index contributed by atoms with van der Waals surface area (Å²) in [6.07, 6.45) is 0.451. The lowest BCUT2D eigenvalue weighted by Gasteiger charge is -2.13. The summed E-state index contributed by atoms with van der Waals surface area (Å²) in [5, 5.41) is 8.15. The van der Waals surface area contributed by atoms with Crippen LogP contribution in [0.25, 0.3) is 0 Å². The maximum Gasteiger partial charge on any atom is 0.243 e. The van der Waals surface area contributed by atoms with Gasteiger partial charge in [-0.2, -0.15) is 0 Å². The van der Waals surface area contributed by atoms with E-state index in [1.807, 2.05) is 0 Å². The quantitative estimate of drug-likeness (QED) is 0.371. The molecule has 0 aromatic heterocycles. The van der Waals surface area contributed by atoms with Crippen LogP contribution in [-0.4, -0.2) is 19.2 Å². The number of hydrogen-bond acceptors (Lipinski definition) is 2. The van der Waals surface area contributed by atoms with E-state index in [1.165, 1.54) is 0 Å². The number of hydrogen-bond donors (Lipinski definition) is 2. The highest BCUT2D eigenvalue weighted by atomic mass is 28.3. The minimum absolute atomic E-state index is 0.276. The van der Waals surface area contributed by atoms with Gasteiger partial charge < -0.3 is 0 Å². The first-order valence-corrected chi connectivity index (χ1v) is 7.09. The lowest BCUT2D eigenvalue weighted by Crippen LogP contribution is -2.25. The van der Waals surface area contributed by atoms with Crippen molar-refractivity contribution in [3.63, 3.8) is 0 Å². The van der Waals surface area contributed by atoms with Gasteiger partial charge in [0.1, 0.15) is 0 Å². The molecule has 0 bridgehead atoms. The third-order valence-electron chi connectivity index (χ3n) is 1.23. The molecular weight excluding hydrogens is 146 g/mol. The van der Waals surface area contributed by atoms with Gasteiger partial charge in [-0.05, 0) is 6.04 Å². The van der Waals surface area contributed by atoms with Crippen molar-refractivity contribution in [3.8, 4) is 0 Å². The van der Waals surface area contributed by atoms with Gasteiger partial charge in [0.25, 0.3) is 0 Å². The van der Waals surface area contributed by atoms with Gasteiger partial charge in [-0.25, -0.2) is 5.48 Å². The number of rotatable bonds is 3. The third kappa shape index (κ3) is 5.78. The van der Waals surface area contributed by atoms with Gasteiger partial charge in [0.2, 0.25) is 5.91 Å². The maximum absolute atomic E-state index is 10.5. The molecule has 1 amide bonds. The van der Waals surface area contributed by atoms with Crippen LogP contribution in [0.4, 0.5) is 0 Å². The monoisotopic (exact) mass is 161 g/mol. The average molecular weight is 161 g/mol. The summed E-state index contributed by atoms with van der Waals surface area (Å²) in [6, 6.07) is 0.930. The van der Waals surface area contributed by atoms with Crippen molar-refractivity contribution in [2.75, 3.05) is 0 Å². The summed E-state index contributed by atoms with van der Waals surface area (Å²) in [5.74, 6) is -0.276. The minimum Gasteiger partial charge on any atom is -0.289 e. The van der Waals surface area contributed by atoms with Crippen LogP contribution >= 0.6 is 0 Å². The highest BCUT2D eigenvalue weighted by Gasteiger charge is 2.14. The van der Waals surface area contributed by atoms with Crippen molar-refractivity contribution in [2.24, 2.45) is 0 Å². The predicted octanol–water partition coefficient (Wildman–Crippen LogP) is 1.22. The molecule has 3 nitrogen and oxygen atoms in total. The molecule has 4 heteroatoms. The topological polar surface area (TPSA) is 49.3 Å². The summed E-state index contributed by atoms with van der Waals surface area (Å²) in [5.41, 5.74) is 1.62. The van der Waals surface area contributed by atoms with E-state index in [9.17, 15) is 4.79 Å². The zero-order valence-corrected chi connectivity index (χ0v) is 7.77. The fourth-order valence-electron chi connectivity index (χ4n) is 0.544. The van der Waals surface area contributed by atoms with Gasteiger partial charge in [0, 0.05) is 14.5 Å². The molecule has 0 rings (SSSR count). The highest BCUT2D eigenvalue weighted by Crippen LogP contribution is 2.10. The van der Waals surface area contributed by atoms with E-state index in [2.05, 4.69) is 19.6 Å². The third-order valence-corrected chi connectivity index (χ3v) is 2.98. The molecule has 0 aromatic carbocycles. The normalized spacial score (nSPS) is 11.2. The first kappa shape index (κ1) is 9.65. The Hall–Kier alpha value is -0.353. The molecular formula is C6H15NO2Si. The minimum atomic E-state index is -1.11. The Balaban J connectivity index is 3.46. The summed E-state index contributed by atoms with van der Waals surface area (Å²) in [6.45, 7) is 6.58. The fraction of sp³-hybridized carbons (Fsp3) is 0.833. The van der Waals surface area contributed by atoms with Crippen molar-refractivity contribution in [3.05, 3.63) is 0 Å². The summed E-state index contributed by atoms with van der Waals surface area (Å²) in [4.78, 5) is 10.5. The summed E-state index contributed by atoms with van der Waals surface area (Å²) < 4.78 is 0. The highest BCUT2D eigenvalue weighted by molar-refractivity contribution is 6.76. The van der Waals surface area contributed by atoms with Crippen molar-refractivity contribution in [1.29, 1.82) is 0 Å². The molecule has 0 saturated carbocycles. The Kier molecular flexibility index (Phi) is 3.60. The van der Waals surface area contributed by atoms with E-state index >= 15 is 0 Å². The smallest absolute Gasteiger partial charge is 0.243 e. The Morgan fingerprint density at radius 1 is 1.50 bits per heavy atom. The van der Waals surface area contributed by atoms with Gasteiger partial charge >= 0.3 is 0 Å². The predicted molar refractivity (Wildman–Crippen MR) is 42.7 cm³/mol. The van der Waals surface area contributed by atoms with Crippen LogP contribution in [0, 0.1) is 0 Å². The Labute approximate surface area is 62.4 Å². The van der Waals surface area contributed by atoms with Crippen molar-refractivity contribution < 1.29 is 10.0 Å². The van der Waals surface area contributed by atoms with Crippen LogP contribution in [0.3, 0.4) is 0 Å². The molecule has 0 aliphatic rings. The second kappa shape index (κ2) is 3.73. The van der Waals surface area contributed by atoms with Gasteiger partial charge in [-0.1, -0.05) is 19.6 Å². The van der Waals surface area contributed by atoms with E-state index in [0.717, 1.165) is 6.04 Å². The van der Waals surface area contributed by atoms with Crippen molar-refractivity contribution in [1.82, 2.24) is 5.48 Å². The molecule has 60 valence electrons. The zero-order valence-electron chi connectivity index (χ0n) is 6.77. The molecule has 0 fully saturated rings. The SMILES string of the molecule is C[Si](C)(C)CCC(=O)NO. The largest absolute Gasteiger partial charge is 0.289 e. The molecule has 0 saturated heterocycles. The van der Waals surface area contributed by atoms with Gasteiger partial charge in [-0.15, -0.1) is 0 Å². The Morgan fingerprint density at radius 3 is 2.30 bits per heavy atom. The first-order valence-electron chi connectivity index (χ1n) is 3.38. The number of hydroxylamine groups is 1. The molecule has 0 heterocycles. The van der Waals surface area contributed by atoms with Gasteiger partial charge in [0.15, 0.2) is 0 Å². The summed E-state index contributed by atoms with van der Waals surface area (Å²) in [7, 11) is -1.11. The van der Waals surface area contributed by atoms with Crippen molar-refractivity contribution >= 4 is 14.0 Å². The van der Waals surface area contributed by atoms with Crippen LogP contribution in [-0.2, 0) is 4.79 Å². The summed E-state index contributed by atoms with van der Waals surface area (Å²) >= 11 is 0. The molecule has 2 N–H and O–H groups in total. The van der Waals surface area contributed by atoms with E-state index in [0.29, 0.717) is 6.42 Å². The number of carbonyl (C=O) groups is 1. The molecule has 0 unspecified atom stereocenters. The standard InChI is InChI=1S/C6H15NO2Si/c1-10(2,3)5-4-6(8)7-9/h9H,4-5H2,1-3H3,(H,7,8). The van der Waals surface area contributed by atoms with Crippen LogP contribution in [0.2, 0.25) is 25.7 Å². The molecule has 10 heavy (non-hydrogen) atoms. The maximum atomic E-state index is 10.5. The number of nitrogens with one attached hydrogen (secondary N) is 1. The van der Waals surface area contributed by atoms with E-state index in [4.69, 9.17) is 5.21 Å². The molecule has 0 aliphatic heterocycles. The molecule has 0 radical (unpaired) electrons. The van der Waals surface area contributed by atoms with E-state index in [-0.39, 0.29) is 5.91 Å². The lowest BCUT2D eigenvalue weighted by molar-refractivity contribution is -0.128. The molecule has 0 spiro atoms. The molecule has 0 atom stereocenters. The van der Waals surface area contributed by atoms with Crippen LogP contribution in [0.5, 0.6) is 0 Å². The van der Waals surface area contributed by atoms with Gasteiger partial charge in [-0.3, -0.25) is 10.0 Å². The second-order valence-electron chi connectivity index (χ2n) is 3.60. The molecule has 0 aliphatic carbocycles. The Bertz CT molecular complexity index is 119. The fourth-order valence-corrected chi connectivity index (χ4v) is 1.52. The van der Waals surface area contributed by atoms with E-state index < -0.39 is 8.07 Å². The second-order valence-corrected chi connectivity index (χ2v) is 9.22. The first-order chi connectivity index (χ1) is 4.45. The van der Waals surface area contributed by atoms with Gasteiger partial charge in [0.05, 0.1) is 0 Å². The average Bonchev–Trinajstić information content (AvgIpc) is 1.81. The van der Waals surface area contributed by atoms with Crippen LogP contribution in [0.1, 0.15) is 6.42 Å². The number of amides is 1. The van der Waals surface area contributed by atoms with Crippen molar-refractivity contribution in [2.45, 2.75) is 32.1 Å². The zero-order chi connectivity index (χ0) is 8.20. The van der Waals surface area contributed by atoms with E-state index in [1.54, 1.807) is 5.48 Å². The molecule has 0 aromatic rings. The lowest BCUT2D eigenvalue weighted by atomic mass is 10.5. The van der Waals surface area contributed by atoms with Crippen LogP contribution in [0.15, 0.2) is 0 Å². The van der Waals surface area contributed by atoms with Crippen LogP contribution < -0.4 is 5.48 Å². The number of carbonyl (C=O) groups excluding carboxylic acids is 1. The Morgan fingerprint density at radius 2 is 2.00 bits per heavy atom.